The summed E-state index contributed by atoms with van der Waals surface area (Å²) in [6, 6.07) is 7.02. The van der Waals surface area contributed by atoms with Crippen LogP contribution in [0.3, 0.4) is 0 Å². The van der Waals surface area contributed by atoms with Crippen molar-refractivity contribution in [3.05, 3.63) is 35.4 Å². The summed E-state index contributed by atoms with van der Waals surface area (Å²) >= 11 is 0. The minimum atomic E-state index is -0.168. The lowest BCUT2D eigenvalue weighted by molar-refractivity contribution is 0.0384. The number of imide groups is 1. The predicted molar refractivity (Wildman–Crippen MR) is 86.6 cm³/mol. The van der Waals surface area contributed by atoms with E-state index in [9.17, 15) is 9.59 Å². The van der Waals surface area contributed by atoms with Gasteiger partial charge in [0, 0.05) is 32.7 Å². The molecule has 3 rings (SSSR count). The topological polar surface area (TPSA) is 61.9 Å². The Morgan fingerprint density at radius 2 is 1.61 bits per heavy atom. The van der Waals surface area contributed by atoms with Crippen molar-refractivity contribution in [2.75, 3.05) is 52.5 Å². The van der Waals surface area contributed by atoms with E-state index in [0.29, 0.717) is 17.7 Å². The highest BCUT2D eigenvalue weighted by Gasteiger charge is 2.34. The van der Waals surface area contributed by atoms with Crippen LogP contribution in [0, 0.1) is 0 Å². The molecule has 1 saturated heterocycles. The zero-order valence-corrected chi connectivity index (χ0v) is 13.3. The van der Waals surface area contributed by atoms with Gasteiger partial charge < -0.3 is 10.1 Å². The van der Waals surface area contributed by atoms with Gasteiger partial charge in [0.25, 0.3) is 11.8 Å². The molecule has 0 atom stereocenters. The summed E-state index contributed by atoms with van der Waals surface area (Å²) in [5, 5.41) is 3.38. The number of carbonyl (C=O) groups excluding carboxylic acids is 2. The number of hydrogen-bond donors (Lipinski definition) is 1. The summed E-state index contributed by atoms with van der Waals surface area (Å²) in [5.41, 5.74) is 1.05. The number of nitrogens with zero attached hydrogens (tertiary/aromatic N) is 2. The van der Waals surface area contributed by atoms with Gasteiger partial charge in [-0.3, -0.25) is 19.4 Å². The van der Waals surface area contributed by atoms with E-state index in [1.165, 1.54) is 4.90 Å². The summed E-state index contributed by atoms with van der Waals surface area (Å²) in [4.78, 5) is 28.1. The van der Waals surface area contributed by atoms with Crippen LogP contribution in [0.25, 0.3) is 0 Å². The van der Waals surface area contributed by atoms with Gasteiger partial charge in [-0.2, -0.15) is 0 Å². The van der Waals surface area contributed by atoms with Crippen molar-refractivity contribution in [1.82, 2.24) is 15.1 Å². The summed E-state index contributed by atoms with van der Waals surface area (Å²) in [6.07, 6.45) is 0.772. The molecule has 2 aliphatic rings. The fourth-order valence-corrected chi connectivity index (χ4v) is 2.99. The summed E-state index contributed by atoms with van der Waals surface area (Å²) in [6.45, 7) is 6.83. The van der Waals surface area contributed by atoms with Crippen molar-refractivity contribution in [3.8, 4) is 0 Å². The number of rotatable bonds is 7. The number of hydrogen-bond acceptors (Lipinski definition) is 5. The SMILES string of the molecule is O=C1c2ccccc2C(=O)N1CCCNCCN1CCOCC1. The molecule has 2 heterocycles. The van der Waals surface area contributed by atoms with Crippen LogP contribution in [0.2, 0.25) is 0 Å². The zero-order chi connectivity index (χ0) is 16.1. The minimum absolute atomic E-state index is 0.168. The number of fused-ring (bicyclic) bond motifs is 1. The highest BCUT2D eigenvalue weighted by atomic mass is 16.5. The smallest absolute Gasteiger partial charge is 0.261 e. The monoisotopic (exact) mass is 317 g/mol. The first-order chi connectivity index (χ1) is 11.3. The first-order valence-corrected chi connectivity index (χ1v) is 8.23. The van der Waals surface area contributed by atoms with Crippen LogP contribution in [-0.2, 0) is 4.74 Å². The van der Waals surface area contributed by atoms with Crippen LogP contribution in [-0.4, -0.2) is 74.1 Å². The van der Waals surface area contributed by atoms with E-state index in [0.717, 1.165) is 52.4 Å². The maximum atomic E-state index is 12.2. The molecule has 1 N–H and O–H groups in total. The van der Waals surface area contributed by atoms with Gasteiger partial charge in [-0.05, 0) is 25.1 Å². The molecule has 0 aromatic heterocycles. The fourth-order valence-electron chi connectivity index (χ4n) is 2.99. The second kappa shape index (κ2) is 7.68. The van der Waals surface area contributed by atoms with E-state index in [4.69, 9.17) is 4.74 Å². The third-order valence-electron chi connectivity index (χ3n) is 4.32. The minimum Gasteiger partial charge on any atom is -0.379 e. The van der Waals surface area contributed by atoms with Crippen LogP contribution in [0.1, 0.15) is 27.1 Å². The molecular weight excluding hydrogens is 294 g/mol. The van der Waals surface area contributed by atoms with Gasteiger partial charge in [0.05, 0.1) is 24.3 Å². The number of benzene rings is 1. The quantitative estimate of drug-likeness (QED) is 0.589. The third-order valence-corrected chi connectivity index (χ3v) is 4.32. The van der Waals surface area contributed by atoms with Crippen LogP contribution >= 0.6 is 0 Å². The summed E-state index contributed by atoms with van der Waals surface area (Å²) in [7, 11) is 0. The molecule has 23 heavy (non-hydrogen) atoms. The number of carbonyl (C=O) groups is 2. The molecule has 6 nitrogen and oxygen atoms in total. The van der Waals surface area contributed by atoms with E-state index in [1.807, 2.05) is 0 Å². The lowest BCUT2D eigenvalue weighted by Crippen LogP contribution is -2.40. The molecule has 0 radical (unpaired) electrons. The first kappa shape index (κ1) is 16.1. The molecule has 0 saturated carbocycles. The van der Waals surface area contributed by atoms with Crippen molar-refractivity contribution in [3.63, 3.8) is 0 Å². The van der Waals surface area contributed by atoms with Crippen LogP contribution in [0.4, 0.5) is 0 Å². The average Bonchev–Trinajstić information content (AvgIpc) is 2.84. The Balaban J connectivity index is 1.35. The Labute approximate surface area is 136 Å². The highest BCUT2D eigenvalue weighted by Crippen LogP contribution is 2.22. The van der Waals surface area contributed by atoms with Gasteiger partial charge in [0.1, 0.15) is 0 Å². The largest absolute Gasteiger partial charge is 0.379 e. The van der Waals surface area contributed by atoms with Crippen LogP contribution < -0.4 is 5.32 Å². The van der Waals surface area contributed by atoms with Gasteiger partial charge in [-0.15, -0.1) is 0 Å². The fraction of sp³-hybridized carbons (Fsp3) is 0.529. The van der Waals surface area contributed by atoms with Crippen LogP contribution in [0.5, 0.6) is 0 Å². The summed E-state index contributed by atoms with van der Waals surface area (Å²) < 4.78 is 5.32. The van der Waals surface area contributed by atoms with Gasteiger partial charge in [0.15, 0.2) is 0 Å². The molecule has 6 heteroatoms. The first-order valence-electron chi connectivity index (χ1n) is 8.23. The maximum Gasteiger partial charge on any atom is 0.261 e. The lowest BCUT2D eigenvalue weighted by atomic mass is 10.1. The second-order valence-electron chi connectivity index (χ2n) is 5.87. The molecule has 0 spiro atoms. The molecule has 2 aliphatic heterocycles. The Bertz CT molecular complexity index is 535. The Kier molecular flexibility index (Phi) is 5.38. The van der Waals surface area contributed by atoms with E-state index < -0.39 is 0 Å². The Morgan fingerprint density at radius 3 is 2.26 bits per heavy atom. The van der Waals surface area contributed by atoms with E-state index in [-0.39, 0.29) is 11.8 Å². The molecule has 0 unspecified atom stereocenters. The average molecular weight is 317 g/mol. The maximum absolute atomic E-state index is 12.2. The highest BCUT2D eigenvalue weighted by molar-refractivity contribution is 6.21. The predicted octanol–water partition coefficient (Wildman–Crippen LogP) is 0.595. The van der Waals surface area contributed by atoms with Crippen molar-refractivity contribution in [2.45, 2.75) is 6.42 Å². The van der Waals surface area contributed by atoms with Gasteiger partial charge in [-0.1, -0.05) is 12.1 Å². The van der Waals surface area contributed by atoms with Crippen LogP contribution in [0.15, 0.2) is 24.3 Å². The van der Waals surface area contributed by atoms with Crippen molar-refractivity contribution >= 4 is 11.8 Å². The number of morpholine rings is 1. The normalized spacial score (nSPS) is 18.5. The Hall–Kier alpha value is -1.76. The lowest BCUT2D eigenvalue weighted by Gasteiger charge is -2.26. The molecule has 0 aliphatic carbocycles. The molecule has 1 fully saturated rings. The Morgan fingerprint density at radius 1 is 0.957 bits per heavy atom. The standard InChI is InChI=1S/C17H23N3O3/c21-16-14-4-1-2-5-15(14)17(22)20(16)8-3-6-18-7-9-19-10-12-23-13-11-19/h1-2,4-5,18H,3,6-13H2. The molecule has 124 valence electrons. The van der Waals surface area contributed by atoms with E-state index >= 15 is 0 Å². The number of ether oxygens (including phenoxy) is 1. The van der Waals surface area contributed by atoms with Crippen molar-refractivity contribution < 1.29 is 14.3 Å². The van der Waals surface area contributed by atoms with Crippen molar-refractivity contribution in [2.24, 2.45) is 0 Å². The molecule has 2 amide bonds. The third kappa shape index (κ3) is 3.77. The summed E-state index contributed by atoms with van der Waals surface area (Å²) in [5.74, 6) is -0.335. The second-order valence-corrected chi connectivity index (χ2v) is 5.87. The molecular formula is C17H23N3O3. The molecule has 0 bridgehead atoms. The van der Waals surface area contributed by atoms with E-state index in [1.54, 1.807) is 24.3 Å². The van der Waals surface area contributed by atoms with Crippen molar-refractivity contribution in [1.29, 1.82) is 0 Å². The van der Waals surface area contributed by atoms with Gasteiger partial charge >= 0.3 is 0 Å². The zero-order valence-electron chi connectivity index (χ0n) is 13.3. The van der Waals surface area contributed by atoms with E-state index in [2.05, 4.69) is 10.2 Å². The molecule has 1 aromatic rings. The van der Waals surface area contributed by atoms with Gasteiger partial charge in [0.2, 0.25) is 0 Å². The number of amides is 2. The number of nitrogens with one attached hydrogen (secondary N) is 1. The van der Waals surface area contributed by atoms with Gasteiger partial charge in [-0.25, -0.2) is 0 Å². The molecule has 1 aromatic carbocycles.